The van der Waals surface area contributed by atoms with E-state index in [1.54, 1.807) is 30.3 Å². The van der Waals surface area contributed by atoms with E-state index in [4.69, 9.17) is 23.2 Å². The molecular formula is C12H9Cl2NOS. The summed E-state index contributed by atoms with van der Waals surface area (Å²) < 4.78 is 0. The van der Waals surface area contributed by atoms with Gasteiger partial charge in [-0.1, -0.05) is 23.2 Å². The number of benzene rings is 1. The number of hydrogen-bond donors (Lipinski definition) is 1. The van der Waals surface area contributed by atoms with Crippen molar-refractivity contribution in [1.82, 2.24) is 4.98 Å². The fourth-order valence-corrected chi connectivity index (χ4v) is 2.30. The molecule has 2 rings (SSSR count). The summed E-state index contributed by atoms with van der Waals surface area (Å²) in [5, 5.41) is 1.91. The van der Waals surface area contributed by atoms with E-state index in [0.717, 1.165) is 5.03 Å². The first-order valence-corrected chi connectivity index (χ1v) is 6.82. The molecule has 0 aliphatic rings. The third kappa shape index (κ3) is 2.68. The zero-order valence-electron chi connectivity index (χ0n) is 8.96. The van der Waals surface area contributed by atoms with Crippen LogP contribution in [0.4, 0.5) is 0 Å². The Hall–Kier alpha value is -0.900. The molecule has 2 aromatic rings. The maximum Gasteiger partial charge on any atom is 0.210 e. The Balaban J connectivity index is 2.36. The Kier molecular flexibility index (Phi) is 3.82. The first kappa shape index (κ1) is 12.6. The summed E-state index contributed by atoms with van der Waals surface area (Å²) in [5.74, 6) is -0.132. The van der Waals surface area contributed by atoms with E-state index >= 15 is 0 Å². The van der Waals surface area contributed by atoms with Crippen LogP contribution in [0.15, 0.2) is 35.4 Å². The number of carbonyl (C=O) groups excluding carboxylic acids is 1. The molecular weight excluding hydrogens is 277 g/mol. The van der Waals surface area contributed by atoms with E-state index in [-0.39, 0.29) is 5.78 Å². The lowest BCUT2D eigenvalue weighted by Crippen LogP contribution is -2.02. The van der Waals surface area contributed by atoms with Crippen molar-refractivity contribution in [2.24, 2.45) is 0 Å². The largest absolute Gasteiger partial charge is 0.346 e. The second kappa shape index (κ2) is 5.17. The summed E-state index contributed by atoms with van der Waals surface area (Å²) in [4.78, 5) is 15.1. The molecule has 0 spiro atoms. The van der Waals surface area contributed by atoms with Gasteiger partial charge in [0.15, 0.2) is 0 Å². The van der Waals surface area contributed by atoms with Gasteiger partial charge in [0.25, 0.3) is 0 Å². The van der Waals surface area contributed by atoms with Crippen LogP contribution in [-0.2, 0) is 0 Å². The first-order chi connectivity index (χ1) is 8.11. The van der Waals surface area contributed by atoms with Crippen molar-refractivity contribution in [3.05, 3.63) is 51.6 Å². The van der Waals surface area contributed by atoms with E-state index in [2.05, 4.69) is 4.98 Å². The van der Waals surface area contributed by atoms with Crippen molar-refractivity contribution in [2.45, 2.75) is 5.03 Å². The molecule has 0 atom stereocenters. The van der Waals surface area contributed by atoms with Crippen LogP contribution in [0, 0.1) is 0 Å². The fourth-order valence-electron chi connectivity index (χ4n) is 1.43. The van der Waals surface area contributed by atoms with Crippen molar-refractivity contribution < 1.29 is 4.79 Å². The highest BCUT2D eigenvalue weighted by molar-refractivity contribution is 7.98. The van der Waals surface area contributed by atoms with Crippen molar-refractivity contribution in [3.63, 3.8) is 0 Å². The van der Waals surface area contributed by atoms with E-state index in [1.165, 1.54) is 11.8 Å². The fraction of sp³-hybridized carbons (Fsp3) is 0.0833. The average Bonchev–Trinajstić information content (AvgIpc) is 2.71. The van der Waals surface area contributed by atoms with Crippen LogP contribution >= 0.6 is 35.0 Å². The molecule has 1 N–H and O–H groups in total. The second-order valence-corrected chi connectivity index (χ2v) is 5.09. The molecule has 1 aromatic carbocycles. The molecule has 5 heteroatoms. The van der Waals surface area contributed by atoms with Gasteiger partial charge in [-0.15, -0.1) is 11.8 Å². The molecule has 0 aliphatic heterocycles. The molecule has 0 amide bonds. The van der Waals surface area contributed by atoms with E-state index in [0.29, 0.717) is 21.3 Å². The van der Waals surface area contributed by atoms with Gasteiger partial charge in [-0.25, -0.2) is 0 Å². The maximum absolute atomic E-state index is 12.1. The number of carbonyl (C=O) groups is 1. The van der Waals surface area contributed by atoms with Crippen LogP contribution in [0.5, 0.6) is 0 Å². The minimum atomic E-state index is -0.132. The monoisotopic (exact) mass is 285 g/mol. The molecule has 0 saturated carbocycles. The standard InChI is InChI=1S/C12H9Cl2NOS/c1-17-10-6-9(14)11(15-10)12(16)7-2-4-8(13)5-3-7/h2-6,15H,1H3. The summed E-state index contributed by atoms with van der Waals surface area (Å²) in [7, 11) is 0. The van der Waals surface area contributed by atoms with Crippen LogP contribution in [-0.4, -0.2) is 17.0 Å². The number of aromatic amines is 1. The SMILES string of the molecule is CSc1cc(Cl)c(C(=O)c2ccc(Cl)cc2)[nH]1. The number of ketones is 1. The number of halogens is 2. The lowest BCUT2D eigenvalue weighted by Gasteiger charge is -1.99. The van der Waals surface area contributed by atoms with Crippen LogP contribution in [0.25, 0.3) is 0 Å². The van der Waals surface area contributed by atoms with Crippen LogP contribution < -0.4 is 0 Å². The predicted octanol–water partition coefficient (Wildman–Crippen LogP) is 4.27. The molecule has 0 fully saturated rings. The molecule has 0 saturated heterocycles. The molecule has 1 heterocycles. The summed E-state index contributed by atoms with van der Waals surface area (Å²) in [6.45, 7) is 0. The smallest absolute Gasteiger partial charge is 0.210 e. The zero-order valence-corrected chi connectivity index (χ0v) is 11.3. The summed E-state index contributed by atoms with van der Waals surface area (Å²) in [6.07, 6.45) is 1.92. The van der Waals surface area contributed by atoms with Gasteiger partial charge in [0.1, 0.15) is 5.69 Å². The number of nitrogens with one attached hydrogen (secondary N) is 1. The van der Waals surface area contributed by atoms with Gasteiger partial charge < -0.3 is 4.98 Å². The van der Waals surface area contributed by atoms with Crippen LogP contribution in [0.2, 0.25) is 10.0 Å². The Morgan fingerprint density at radius 2 is 1.88 bits per heavy atom. The van der Waals surface area contributed by atoms with Crippen LogP contribution in [0.1, 0.15) is 16.1 Å². The normalized spacial score (nSPS) is 10.5. The summed E-state index contributed by atoms with van der Waals surface area (Å²) in [6, 6.07) is 8.47. The quantitative estimate of drug-likeness (QED) is 0.675. The third-order valence-electron chi connectivity index (χ3n) is 2.30. The molecule has 0 aliphatic carbocycles. The van der Waals surface area contributed by atoms with Crippen molar-refractivity contribution >= 4 is 40.7 Å². The lowest BCUT2D eigenvalue weighted by molar-refractivity contribution is 0.103. The van der Waals surface area contributed by atoms with Gasteiger partial charge in [0.2, 0.25) is 5.78 Å². The first-order valence-electron chi connectivity index (χ1n) is 4.84. The number of thioether (sulfide) groups is 1. The van der Waals surface area contributed by atoms with Gasteiger partial charge in [-0.2, -0.15) is 0 Å². The lowest BCUT2D eigenvalue weighted by atomic mass is 10.1. The predicted molar refractivity (Wildman–Crippen MR) is 72.5 cm³/mol. The molecule has 0 unspecified atom stereocenters. The molecule has 17 heavy (non-hydrogen) atoms. The molecule has 1 aromatic heterocycles. The Morgan fingerprint density at radius 3 is 2.41 bits per heavy atom. The number of rotatable bonds is 3. The van der Waals surface area contributed by atoms with E-state index in [1.807, 2.05) is 6.26 Å². The Bertz CT molecular complexity index is 548. The molecule has 0 bridgehead atoms. The second-order valence-electron chi connectivity index (χ2n) is 3.40. The molecule has 0 radical (unpaired) electrons. The molecule has 88 valence electrons. The average molecular weight is 286 g/mol. The Morgan fingerprint density at radius 1 is 1.24 bits per heavy atom. The van der Waals surface area contributed by atoms with E-state index < -0.39 is 0 Å². The number of aromatic nitrogens is 1. The highest BCUT2D eigenvalue weighted by atomic mass is 35.5. The molecule has 2 nitrogen and oxygen atoms in total. The third-order valence-corrected chi connectivity index (χ3v) is 3.51. The summed E-state index contributed by atoms with van der Waals surface area (Å²) >= 11 is 13.3. The van der Waals surface area contributed by atoms with Gasteiger partial charge in [0, 0.05) is 10.6 Å². The van der Waals surface area contributed by atoms with Gasteiger partial charge in [-0.3, -0.25) is 4.79 Å². The van der Waals surface area contributed by atoms with Crippen molar-refractivity contribution in [3.8, 4) is 0 Å². The minimum absolute atomic E-state index is 0.132. The topological polar surface area (TPSA) is 32.9 Å². The van der Waals surface area contributed by atoms with Crippen LogP contribution in [0.3, 0.4) is 0 Å². The number of H-pyrrole nitrogens is 1. The zero-order chi connectivity index (χ0) is 12.4. The van der Waals surface area contributed by atoms with Gasteiger partial charge in [-0.05, 0) is 36.6 Å². The van der Waals surface area contributed by atoms with Gasteiger partial charge in [0.05, 0.1) is 10.0 Å². The highest BCUT2D eigenvalue weighted by Gasteiger charge is 2.15. The van der Waals surface area contributed by atoms with E-state index in [9.17, 15) is 4.79 Å². The van der Waals surface area contributed by atoms with Crippen molar-refractivity contribution in [2.75, 3.05) is 6.26 Å². The summed E-state index contributed by atoms with van der Waals surface area (Å²) in [5.41, 5.74) is 0.976. The Labute approximate surface area is 113 Å². The minimum Gasteiger partial charge on any atom is -0.346 e. The van der Waals surface area contributed by atoms with Gasteiger partial charge >= 0.3 is 0 Å². The number of hydrogen-bond acceptors (Lipinski definition) is 2. The maximum atomic E-state index is 12.1. The van der Waals surface area contributed by atoms with Crippen molar-refractivity contribution in [1.29, 1.82) is 0 Å². The highest BCUT2D eigenvalue weighted by Crippen LogP contribution is 2.25.